The van der Waals surface area contributed by atoms with Gasteiger partial charge in [-0.1, -0.05) is 30.3 Å². The predicted molar refractivity (Wildman–Crippen MR) is 78.6 cm³/mol. The second-order valence-electron chi connectivity index (χ2n) is 5.01. The lowest BCUT2D eigenvalue weighted by Crippen LogP contribution is -2.38. The maximum absolute atomic E-state index is 11.7. The third-order valence-corrected chi connectivity index (χ3v) is 3.92. The molecule has 1 heterocycles. The topological polar surface area (TPSA) is 77.8 Å². The fraction of sp³-hybridized carbons (Fsp3) is 0.250. The Morgan fingerprint density at radius 3 is 2.14 bits per heavy atom. The summed E-state index contributed by atoms with van der Waals surface area (Å²) in [5.41, 5.74) is 1.59. The van der Waals surface area contributed by atoms with Gasteiger partial charge in [-0.3, -0.25) is 0 Å². The highest BCUT2D eigenvalue weighted by molar-refractivity contribution is 6.13. The van der Waals surface area contributed by atoms with Gasteiger partial charge in [0.1, 0.15) is 0 Å². The van der Waals surface area contributed by atoms with Gasteiger partial charge in [0.15, 0.2) is 0 Å². The molecule has 1 unspecified atom stereocenters. The monoisotopic (exact) mass is 287 g/mol. The normalized spacial score (nSPS) is 19.0. The van der Waals surface area contributed by atoms with Crippen LogP contribution in [0.1, 0.15) is 19.4 Å². The van der Waals surface area contributed by atoms with Gasteiger partial charge in [-0.2, -0.15) is 0 Å². The van der Waals surface area contributed by atoms with Crippen molar-refractivity contribution in [3.05, 3.63) is 52.7 Å². The highest BCUT2D eigenvalue weighted by Gasteiger charge is 2.35. The van der Waals surface area contributed by atoms with Gasteiger partial charge in [-0.25, -0.2) is 9.59 Å². The number of likely N-dealkylation sites (N-methyl/N-ethyl adjacent to an activating group) is 1. The van der Waals surface area contributed by atoms with E-state index in [9.17, 15) is 19.8 Å². The molecule has 1 aliphatic heterocycles. The van der Waals surface area contributed by atoms with E-state index in [2.05, 4.69) is 0 Å². The first-order valence-corrected chi connectivity index (χ1v) is 6.56. The fourth-order valence-electron chi connectivity index (χ4n) is 2.64. The Labute approximate surface area is 122 Å². The molecule has 0 saturated carbocycles. The fourth-order valence-corrected chi connectivity index (χ4v) is 2.64. The van der Waals surface area contributed by atoms with E-state index < -0.39 is 18.0 Å². The molecule has 2 rings (SSSR count). The van der Waals surface area contributed by atoms with Crippen molar-refractivity contribution in [2.24, 2.45) is 0 Å². The number of hydrogen-bond donors (Lipinski definition) is 2. The maximum Gasteiger partial charge on any atom is 0.338 e. The lowest BCUT2D eigenvalue weighted by Gasteiger charge is -2.35. The summed E-state index contributed by atoms with van der Waals surface area (Å²) in [6, 6.07) is 8.39. The molecule has 0 fully saturated rings. The van der Waals surface area contributed by atoms with E-state index in [-0.39, 0.29) is 11.1 Å². The van der Waals surface area contributed by atoms with Crippen molar-refractivity contribution < 1.29 is 19.8 Å². The van der Waals surface area contributed by atoms with Gasteiger partial charge >= 0.3 is 11.9 Å². The predicted octanol–water partition coefficient (Wildman–Crippen LogP) is 2.22. The number of allylic oxidation sites excluding steroid dienone is 1. The van der Waals surface area contributed by atoms with E-state index >= 15 is 0 Å². The molecule has 0 aromatic heterocycles. The molecule has 0 spiro atoms. The van der Waals surface area contributed by atoms with Crippen molar-refractivity contribution in [1.29, 1.82) is 0 Å². The molecule has 0 amide bonds. The summed E-state index contributed by atoms with van der Waals surface area (Å²) in [5.74, 6) is -2.22. The molecule has 1 aliphatic rings. The second kappa shape index (κ2) is 5.44. The average molecular weight is 287 g/mol. The molecule has 21 heavy (non-hydrogen) atoms. The molecule has 0 bridgehead atoms. The molecule has 0 radical (unpaired) electrons. The minimum Gasteiger partial charge on any atom is -0.478 e. The number of carboxylic acids is 2. The van der Waals surface area contributed by atoms with Crippen LogP contribution in [-0.4, -0.2) is 40.1 Å². The molecule has 110 valence electrons. The lowest BCUT2D eigenvalue weighted by molar-refractivity contribution is -0.133. The van der Waals surface area contributed by atoms with Crippen LogP contribution in [0.15, 0.2) is 47.2 Å². The number of hydrogen-bond acceptors (Lipinski definition) is 3. The zero-order valence-electron chi connectivity index (χ0n) is 12.1. The van der Waals surface area contributed by atoms with E-state index in [4.69, 9.17) is 0 Å². The molecule has 0 aliphatic carbocycles. The van der Waals surface area contributed by atoms with E-state index in [1.54, 1.807) is 56.1 Å². The zero-order chi connectivity index (χ0) is 15.7. The number of carboxylic acid groups (broad SMARTS) is 2. The van der Waals surface area contributed by atoms with Crippen LogP contribution in [-0.2, 0) is 9.59 Å². The number of aliphatic carboxylic acids is 2. The molecule has 2 N–H and O–H groups in total. The summed E-state index contributed by atoms with van der Waals surface area (Å²) in [6.07, 6.45) is 0. The summed E-state index contributed by atoms with van der Waals surface area (Å²) < 4.78 is 0. The van der Waals surface area contributed by atoms with Crippen LogP contribution in [0.25, 0.3) is 5.57 Å². The molecular formula is C16H17NO4. The van der Waals surface area contributed by atoms with Crippen LogP contribution in [0.3, 0.4) is 0 Å². The van der Waals surface area contributed by atoms with Gasteiger partial charge in [0, 0.05) is 18.3 Å². The Balaban J connectivity index is 2.83. The van der Waals surface area contributed by atoms with E-state index in [1.807, 2.05) is 0 Å². The Hall–Kier alpha value is -2.56. The van der Waals surface area contributed by atoms with Crippen LogP contribution in [0.4, 0.5) is 0 Å². The molecule has 5 heteroatoms. The summed E-state index contributed by atoms with van der Waals surface area (Å²) in [5, 5.41) is 19.1. The first-order valence-electron chi connectivity index (χ1n) is 6.56. The smallest absolute Gasteiger partial charge is 0.338 e. The molecule has 1 aromatic rings. The quantitative estimate of drug-likeness (QED) is 0.891. The number of nitrogens with zero attached hydrogens (tertiary/aromatic N) is 1. The highest BCUT2D eigenvalue weighted by atomic mass is 16.4. The Morgan fingerprint density at radius 1 is 1.10 bits per heavy atom. The largest absolute Gasteiger partial charge is 0.478 e. The van der Waals surface area contributed by atoms with E-state index in [0.717, 1.165) is 0 Å². The number of carbonyl (C=O) groups is 2. The molecule has 1 atom stereocenters. The van der Waals surface area contributed by atoms with Gasteiger partial charge in [-0.05, 0) is 19.4 Å². The van der Waals surface area contributed by atoms with Crippen molar-refractivity contribution in [3.63, 3.8) is 0 Å². The van der Waals surface area contributed by atoms with Crippen molar-refractivity contribution in [2.45, 2.75) is 19.9 Å². The zero-order valence-corrected chi connectivity index (χ0v) is 12.1. The minimum atomic E-state index is -1.12. The van der Waals surface area contributed by atoms with Crippen LogP contribution in [0, 0.1) is 0 Å². The minimum absolute atomic E-state index is 0.0409. The van der Waals surface area contributed by atoms with Crippen molar-refractivity contribution >= 4 is 17.5 Å². The van der Waals surface area contributed by atoms with Crippen LogP contribution < -0.4 is 0 Å². The van der Waals surface area contributed by atoms with E-state index in [1.165, 1.54) is 0 Å². The standard InChI is InChI=1S/C16H17NO4/c1-9-12(15(18)19)14(11-7-5-4-6-8-11)13(16(20)21)10(2)17(9)3/h4-9H,1-3H3,(H,18,19)(H,20,21). The summed E-state index contributed by atoms with van der Waals surface area (Å²) >= 11 is 0. The van der Waals surface area contributed by atoms with Crippen LogP contribution in [0.2, 0.25) is 0 Å². The van der Waals surface area contributed by atoms with E-state index in [0.29, 0.717) is 16.8 Å². The second-order valence-corrected chi connectivity index (χ2v) is 5.01. The Kier molecular flexibility index (Phi) is 3.84. The molecule has 1 aromatic carbocycles. The Morgan fingerprint density at radius 2 is 1.67 bits per heavy atom. The van der Waals surface area contributed by atoms with Crippen LogP contribution in [0.5, 0.6) is 0 Å². The first kappa shape index (κ1) is 14.8. The SMILES string of the molecule is CC1=C(C(=O)O)C(c2ccccc2)=C(C(=O)O)C(C)N1C. The summed E-state index contributed by atoms with van der Waals surface area (Å²) in [6.45, 7) is 3.45. The Bertz CT molecular complexity index is 658. The van der Waals surface area contributed by atoms with Gasteiger partial charge in [0.2, 0.25) is 0 Å². The maximum atomic E-state index is 11.7. The van der Waals surface area contributed by atoms with Gasteiger partial charge in [0.25, 0.3) is 0 Å². The molecular weight excluding hydrogens is 270 g/mol. The molecule has 0 saturated heterocycles. The summed E-state index contributed by atoms with van der Waals surface area (Å²) in [4.78, 5) is 25.0. The number of rotatable bonds is 3. The highest BCUT2D eigenvalue weighted by Crippen LogP contribution is 2.37. The van der Waals surface area contributed by atoms with Gasteiger partial charge < -0.3 is 15.1 Å². The van der Waals surface area contributed by atoms with Crippen molar-refractivity contribution in [3.8, 4) is 0 Å². The lowest BCUT2D eigenvalue weighted by atomic mass is 9.85. The van der Waals surface area contributed by atoms with Gasteiger partial charge in [-0.15, -0.1) is 0 Å². The van der Waals surface area contributed by atoms with Crippen molar-refractivity contribution in [2.75, 3.05) is 7.05 Å². The third-order valence-electron chi connectivity index (χ3n) is 3.92. The van der Waals surface area contributed by atoms with Gasteiger partial charge in [0.05, 0.1) is 17.2 Å². The average Bonchev–Trinajstić information content (AvgIpc) is 2.44. The van der Waals surface area contributed by atoms with Crippen LogP contribution >= 0.6 is 0 Å². The first-order chi connectivity index (χ1) is 9.86. The molecule has 5 nitrogen and oxygen atoms in total. The summed E-state index contributed by atoms with van der Waals surface area (Å²) in [7, 11) is 1.70. The third kappa shape index (κ3) is 2.42. The van der Waals surface area contributed by atoms with Crippen molar-refractivity contribution in [1.82, 2.24) is 4.90 Å². The number of benzene rings is 1.